The molecule has 0 atom stereocenters. The predicted octanol–water partition coefficient (Wildman–Crippen LogP) is 3.22. The second kappa shape index (κ2) is 4.18. The number of halogens is 4. The molecule has 0 aromatic rings. The zero-order valence-corrected chi connectivity index (χ0v) is 8.20. The highest BCUT2D eigenvalue weighted by atomic mass is 79.9. The number of hydrogen-bond acceptors (Lipinski definition) is 2. The van der Waals surface area contributed by atoms with E-state index in [2.05, 4.69) is 25.7 Å². The Morgan fingerprint density at radius 1 is 1.50 bits per heavy atom. The summed E-state index contributed by atoms with van der Waals surface area (Å²) in [5.41, 5.74) is 0. The van der Waals surface area contributed by atoms with Crippen molar-refractivity contribution < 1.29 is 13.5 Å². The van der Waals surface area contributed by atoms with Crippen LogP contribution in [0.3, 0.4) is 0 Å². The summed E-state index contributed by atoms with van der Waals surface area (Å²) in [6.45, 7) is -2.83. The van der Waals surface area contributed by atoms with Gasteiger partial charge in [0.05, 0.1) is 0 Å². The second-order valence-corrected chi connectivity index (χ2v) is 3.40. The zero-order valence-electron chi connectivity index (χ0n) is 5.86. The molecule has 0 radical (unpaired) electrons. The fourth-order valence-corrected chi connectivity index (χ4v) is 1.21. The summed E-state index contributed by atoms with van der Waals surface area (Å²) in [4.78, 5) is 3.62. The zero-order chi connectivity index (χ0) is 9.14. The lowest BCUT2D eigenvalue weighted by Crippen LogP contribution is -2.12. The van der Waals surface area contributed by atoms with Gasteiger partial charge in [-0.15, -0.1) is 0 Å². The minimum atomic E-state index is -2.83. The number of ether oxygens (including phenoxy) is 1. The van der Waals surface area contributed by atoms with E-state index in [1.54, 1.807) is 0 Å². The largest absolute Gasteiger partial charge is 0.421 e. The normalized spacial score (nSPS) is 18.2. The van der Waals surface area contributed by atoms with E-state index in [1.807, 2.05) is 0 Å². The maximum absolute atomic E-state index is 11.7. The van der Waals surface area contributed by atoms with E-state index >= 15 is 0 Å². The first-order valence-electron chi connectivity index (χ1n) is 3.16. The SMILES string of the molecule is FC(F)OC1=NC(Cl)=C(Br)CC1. The number of rotatable bonds is 1. The van der Waals surface area contributed by atoms with Crippen molar-refractivity contribution in [1.82, 2.24) is 0 Å². The van der Waals surface area contributed by atoms with Crippen LogP contribution in [0.5, 0.6) is 0 Å². The van der Waals surface area contributed by atoms with Gasteiger partial charge in [0, 0.05) is 10.9 Å². The molecule has 0 N–H and O–H groups in total. The molecular weight excluding hydrogens is 255 g/mol. The lowest BCUT2D eigenvalue weighted by Gasteiger charge is -2.12. The van der Waals surface area contributed by atoms with Crippen molar-refractivity contribution >= 4 is 33.4 Å². The molecule has 0 aromatic carbocycles. The Morgan fingerprint density at radius 3 is 2.67 bits per heavy atom. The Labute approximate surface area is 81.4 Å². The van der Waals surface area contributed by atoms with E-state index in [4.69, 9.17) is 11.6 Å². The molecule has 1 aliphatic rings. The smallest absolute Gasteiger partial charge is 0.388 e. The lowest BCUT2D eigenvalue weighted by atomic mass is 10.3. The monoisotopic (exact) mass is 259 g/mol. The first-order chi connectivity index (χ1) is 5.59. The van der Waals surface area contributed by atoms with Crippen LogP contribution < -0.4 is 0 Å². The molecule has 1 heterocycles. The van der Waals surface area contributed by atoms with Crippen molar-refractivity contribution in [1.29, 1.82) is 0 Å². The van der Waals surface area contributed by atoms with Gasteiger partial charge in [-0.2, -0.15) is 8.78 Å². The van der Waals surface area contributed by atoms with Gasteiger partial charge in [-0.1, -0.05) is 27.5 Å². The molecule has 0 fully saturated rings. The van der Waals surface area contributed by atoms with E-state index in [0.29, 0.717) is 17.3 Å². The van der Waals surface area contributed by atoms with Gasteiger partial charge >= 0.3 is 6.61 Å². The van der Waals surface area contributed by atoms with Gasteiger partial charge in [0.2, 0.25) is 0 Å². The van der Waals surface area contributed by atoms with E-state index in [9.17, 15) is 8.78 Å². The topological polar surface area (TPSA) is 21.6 Å². The van der Waals surface area contributed by atoms with E-state index in [1.165, 1.54) is 0 Å². The minimum Gasteiger partial charge on any atom is -0.421 e. The quantitative estimate of drug-likeness (QED) is 0.663. The summed E-state index contributed by atoms with van der Waals surface area (Å²) >= 11 is 8.71. The van der Waals surface area contributed by atoms with Crippen molar-refractivity contribution in [3.63, 3.8) is 0 Å². The van der Waals surface area contributed by atoms with Gasteiger partial charge in [-0.05, 0) is 6.42 Å². The van der Waals surface area contributed by atoms with Crippen LogP contribution in [0.15, 0.2) is 14.6 Å². The van der Waals surface area contributed by atoms with Gasteiger partial charge in [-0.3, -0.25) is 0 Å². The molecule has 0 bridgehead atoms. The summed E-state index contributed by atoms with van der Waals surface area (Å²) in [5.74, 6) is -0.0156. The average Bonchev–Trinajstić information content (AvgIpc) is 1.96. The molecule has 6 heteroatoms. The number of allylic oxidation sites excluding steroid dienone is 1. The van der Waals surface area contributed by atoms with Crippen molar-refractivity contribution in [3.05, 3.63) is 9.64 Å². The number of hydrogen-bond donors (Lipinski definition) is 0. The van der Waals surface area contributed by atoms with Crippen molar-refractivity contribution in [2.75, 3.05) is 0 Å². The minimum absolute atomic E-state index is 0.0156. The van der Waals surface area contributed by atoms with Gasteiger partial charge in [0.1, 0.15) is 5.16 Å². The molecule has 0 saturated heterocycles. The highest BCUT2D eigenvalue weighted by molar-refractivity contribution is 9.11. The van der Waals surface area contributed by atoms with Gasteiger partial charge in [-0.25, -0.2) is 4.99 Å². The summed E-state index contributed by atoms with van der Waals surface area (Å²) in [6.07, 6.45) is 0.894. The number of alkyl halides is 2. The highest BCUT2D eigenvalue weighted by Gasteiger charge is 2.15. The Morgan fingerprint density at radius 2 is 2.17 bits per heavy atom. The maximum atomic E-state index is 11.7. The van der Waals surface area contributed by atoms with Crippen LogP contribution in [0.4, 0.5) is 8.78 Å². The lowest BCUT2D eigenvalue weighted by molar-refractivity contribution is -0.0622. The van der Waals surface area contributed by atoms with Gasteiger partial charge < -0.3 is 4.74 Å². The summed E-state index contributed by atoms with van der Waals surface area (Å²) in [6, 6.07) is 0. The van der Waals surface area contributed by atoms with Crippen LogP contribution in [0, 0.1) is 0 Å². The standard InChI is InChI=1S/C6H5BrClF2NO/c7-3-1-2-4(11-5(3)8)12-6(9)10/h6H,1-2H2. The third kappa shape index (κ3) is 2.71. The third-order valence-electron chi connectivity index (χ3n) is 1.23. The van der Waals surface area contributed by atoms with Crippen LogP contribution >= 0.6 is 27.5 Å². The van der Waals surface area contributed by atoms with E-state index < -0.39 is 6.61 Å². The third-order valence-corrected chi connectivity index (χ3v) is 2.54. The maximum Gasteiger partial charge on any atom is 0.388 e. The molecule has 1 aliphatic heterocycles. The Kier molecular flexibility index (Phi) is 3.46. The Balaban J connectivity index is 2.63. The molecule has 0 saturated carbocycles. The first kappa shape index (κ1) is 9.92. The first-order valence-corrected chi connectivity index (χ1v) is 4.33. The van der Waals surface area contributed by atoms with Crippen LogP contribution in [-0.4, -0.2) is 12.5 Å². The summed E-state index contributed by atoms with van der Waals surface area (Å²) < 4.78 is 28.1. The Hall–Kier alpha value is -0.160. The molecule has 12 heavy (non-hydrogen) atoms. The van der Waals surface area contributed by atoms with Crippen molar-refractivity contribution in [2.45, 2.75) is 19.5 Å². The summed E-state index contributed by atoms with van der Waals surface area (Å²) in [5, 5.41) is 0.178. The fraction of sp³-hybridized carbons (Fsp3) is 0.500. The number of aliphatic imine (C=N–C) groups is 1. The van der Waals surface area contributed by atoms with E-state index in [0.717, 1.165) is 0 Å². The van der Waals surface area contributed by atoms with Crippen LogP contribution in [0.2, 0.25) is 0 Å². The molecule has 0 amide bonds. The van der Waals surface area contributed by atoms with Gasteiger partial charge in [0.25, 0.3) is 0 Å². The van der Waals surface area contributed by atoms with Crippen LogP contribution in [0.1, 0.15) is 12.8 Å². The van der Waals surface area contributed by atoms with Crippen molar-refractivity contribution in [2.24, 2.45) is 4.99 Å². The van der Waals surface area contributed by atoms with Crippen molar-refractivity contribution in [3.8, 4) is 0 Å². The summed E-state index contributed by atoms with van der Waals surface area (Å²) in [7, 11) is 0. The molecule has 1 rings (SSSR count). The average molecular weight is 260 g/mol. The molecule has 0 spiro atoms. The van der Waals surface area contributed by atoms with Gasteiger partial charge in [0.15, 0.2) is 5.90 Å². The molecule has 68 valence electrons. The molecular formula is C6H5BrClF2NO. The van der Waals surface area contributed by atoms with E-state index in [-0.39, 0.29) is 11.1 Å². The molecule has 0 unspecified atom stereocenters. The second-order valence-electron chi connectivity index (χ2n) is 2.08. The fourth-order valence-electron chi connectivity index (χ4n) is 0.734. The number of nitrogens with zero attached hydrogens (tertiary/aromatic N) is 1. The Bertz CT molecular complexity index is 242. The van der Waals surface area contributed by atoms with Crippen LogP contribution in [-0.2, 0) is 4.74 Å². The molecule has 2 nitrogen and oxygen atoms in total. The predicted molar refractivity (Wildman–Crippen MR) is 45.6 cm³/mol. The highest BCUT2D eigenvalue weighted by Crippen LogP contribution is 2.27. The van der Waals surface area contributed by atoms with Crippen LogP contribution in [0.25, 0.3) is 0 Å². The molecule has 0 aromatic heterocycles. The molecule has 0 aliphatic carbocycles.